The highest BCUT2D eigenvalue weighted by Crippen LogP contribution is 2.24. The summed E-state index contributed by atoms with van der Waals surface area (Å²) in [6, 6.07) is 13.4. The summed E-state index contributed by atoms with van der Waals surface area (Å²) >= 11 is 0. The monoisotopic (exact) mass is 393 g/mol. The molecule has 0 bridgehead atoms. The van der Waals surface area contributed by atoms with Crippen LogP contribution < -0.4 is 20.2 Å². The van der Waals surface area contributed by atoms with E-state index in [1.54, 1.807) is 19.2 Å². The van der Waals surface area contributed by atoms with Gasteiger partial charge in [-0.1, -0.05) is 31.4 Å². The molecule has 29 heavy (non-hydrogen) atoms. The number of hydrogen-bond acceptors (Lipinski definition) is 5. The number of fused-ring (bicyclic) bond motifs is 1. The van der Waals surface area contributed by atoms with Crippen molar-refractivity contribution in [3.8, 4) is 22.6 Å². The molecule has 0 spiro atoms. The lowest BCUT2D eigenvalue weighted by Crippen LogP contribution is -2.34. The van der Waals surface area contributed by atoms with Crippen molar-refractivity contribution in [3.05, 3.63) is 59.0 Å². The maximum atomic E-state index is 12.9. The largest absolute Gasteiger partial charge is 0.497 e. The first-order valence-corrected chi connectivity index (χ1v) is 10.3. The van der Waals surface area contributed by atoms with Crippen LogP contribution in [0.25, 0.3) is 22.1 Å². The van der Waals surface area contributed by atoms with Crippen molar-refractivity contribution in [2.24, 2.45) is 0 Å². The van der Waals surface area contributed by atoms with E-state index in [0.29, 0.717) is 34.9 Å². The zero-order valence-electron chi connectivity index (χ0n) is 16.8. The molecule has 2 aromatic carbocycles. The van der Waals surface area contributed by atoms with Gasteiger partial charge in [-0.3, -0.25) is 4.79 Å². The smallest absolute Gasteiger partial charge is 0.200 e. The Morgan fingerprint density at radius 3 is 2.55 bits per heavy atom. The van der Waals surface area contributed by atoms with Gasteiger partial charge in [0.15, 0.2) is 5.43 Å². The van der Waals surface area contributed by atoms with Gasteiger partial charge in [0.05, 0.1) is 18.1 Å². The fourth-order valence-electron chi connectivity index (χ4n) is 3.91. The molecule has 1 aliphatic rings. The molecule has 152 valence electrons. The van der Waals surface area contributed by atoms with Crippen molar-refractivity contribution in [1.29, 1.82) is 0 Å². The molecule has 1 heterocycles. The molecule has 0 amide bonds. The Balaban J connectivity index is 1.43. The summed E-state index contributed by atoms with van der Waals surface area (Å²) in [5.74, 6) is 1.46. The van der Waals surface area contributed by atoms with Crippen LogP contribution in [0, 0.1) is 0 Å². The molecule has 4 rings (SSSR count). The highest BCUT2D eigenvalue weighted by molar-refractivity contribution is 5.82. The molecule has 1 N–H and O–H groups in total. The van der Waals surface area contributed by atoms with Crippen molar-refractivity contribution >= 4 is 11.0 Å². The van der Waals surface area contributed by atoms with Gasteiger partial charge in [-0.15, -0.1) is 0 Å². The maximum Gasteiger partial charge on any atom is 0.200 e. The Morgan fingerprint density at radius 2 is 1.79 bits per heavy atom. The van der Waals surface area contributed by atoms with Gasteiger partial charge in [-0.25, -0.2) is 0 Å². The number of rotatable bonds is 7. The minimum Gasteiger partial charge on any atom is -0.497 e. The Labute approximate surface area is 170 Å². The first kappa shape index (κ1) is 19.5. The first-order valence-electron chi connectivity index (χ1n) is 10.3. The summed E-state index contributed by atoms with van der Waals surface area (Å²) in [6.07, 6.45) is 8.04. The second kappa shape index (κ2) is 9.14. The van der Waals surface area contributed by atoms with Crippen LogP contribution in [-0.4, -0.2) is 26.3 Å². The molecule has 1 aromatic heterocycles. The van der Waals surface area contributed by atoms with Crippen LogP contribution in [0.1, 0.15) is 32.1 Å². The predicted molar refractivity (Wildman–Crippen MR) is 115 cm³/mol. The number of benzene rings is 2. The number of hydrogen-bond donors (Lipinski definition) is 1. The zero-order valence-corrected chi connectivity index (χ0v) is 16.8. The summed E-state index contributed by atoms with van der Waals surface area (Å²) < 4.78 is 16.8. The SMILES string of the molecule is COc1ccc(-c2coc3cc(OCCNC4CCCCC4)ccc3c2=O)cc1. The van der Waals surface area contributed by atoms with Gasteiger partial charge in [0.25, 0.3) is 0 Å². The fourth-order valence-corrected chi connectivity index (χ4v) is 3.91. The number of ether oxygens (including phenoxy) is 2. The van der Waals surface area contributed by atoms with Crippen LogP contribution in [0.5, 0.6) is 11.5 Å². The van der Waals surface area contributed by atoms with Crippen LogP contribution in [0.4, 0.5) is 0 Å². The second-order valence-corrected chi connectivity index (χ2v) is 7.50. The molecule has 0 radical (unpaired) electrons. The van der Waals surface area contributed by atoms with Gasteiger partial charge >= 0.3 is 0 Å². The lowest BCUT2D eigenvalue weighted by atomic mass is 9.96. The van der Waals surface area contributed by atoms with Crippen LogP contribution in [0.2, 0.25) is 0 Å². The van der Waals surface area contributed by atoms with Crippen molar-refractivity contribution < 1.29 is 13.9 Å². The van der Waals surface area contributed by atoms with Gasteiger partial charge in [0, 0.05) is 18.7 Å². The fraction of sp³-hybridized carbons (Fsp3) is 0.375. The number of nitrogens with one attached hydrogen (secondary N) is 1. The van der Waals surface area contributed by atoms with E-state index in [0.717, 1.165) is 17.9 Å². The Kier molecular flexibility index (Phi) is 6.15. The van der Waals surface area contributed by atoms with Gasteiger partial charge in [0.1, 0.15) is 30.0 Å². The van der Waals surface area contributed by atoms with Crippen molar-refractivity contribution in [3.63, 3.8) is 0 Å². The van der Waals surface area contributed by atoms with Crippen LogP contribution in [-0.2, 0) is 0 Å². The van der Waals surface area contributed by atoms with E-state index >= 15 is 0 Å². The highest BCUT2D eigenvalue weighted by atomic mass is 16.5. The highest BCUT2D eigenvalue weighted by Gasteiger charge is 2.13. The third-order valence-electron chi connectivity index (χ3n) is 5.56. The summed E-state index contributed by atoms with van der Waals surface area (Å²) in [5, 5.41) is 4.11. The van der Waals surface area contributed by atoms with Gasteiger partial charge in [-0.05, 0) is 42.7 Å². The molecule has 5 heteroatoms. The average molecular weight is 393 g/mol. The lowest BCUT2D eigenvalue weighted by molar-refractivity contribution is 0.289. The molecule has 1 fully saturated rings. The second-order valence-electron chi connectivity index (χ2n) is 7.50. The molecule has 3 aromatic rings. The van der Waals surface area contributed by atoms with Crippen molar-refractivity contribution in [2.75, 3.05) is 20.3 Å². The topological polar surface area (TPSA) is 60.7 Å². The minimum absolute atomic E-state index is 0.0538. The van der Waals surface area contributed by atoms with E-state index in [1.165, 1.54) is 38.4 Å². The van der Waals surface area contributed by atoms with Crippen LogP contribution >= 0.6 is 0 Å². The molecule has 0 saturated heterocycles. The predicted octanol–water partition coefficient (Wildman–Crippen LogP) is 4.77. The van der Waals surface area contributed by atoms with Crippen LogP contribution in [0.3, 0.4) is 0 Å². The third kappa shape index (κ3) is 4.62. The van der Waals surface area contributed by atoms with E-state index in [1.807, 2.05) is 30.3 Å². The Morgan fingerprint density at radius 1 is 1.03 bits per heavy atom. The van der Waals surface area contributed by atoms with E-state index in [9.17, 15) is 4.79 Å². The van der Waals surface area contributed by atoms with E-state index < -0.39 is 0 Å². The first-order chi connectivity index (χ1) is 14.2. The van der Waals surface area contributed by atoms with Gasteiger partial charge in [-0.2, -0.15) is 0 Å². The van der Waals surface area contributed by atoms with E-state index in [4.69, 9.17) is 13.9 Å². The van der Waals surface area contributed by atoms with E-state index in [-0.39, 0.29) is 5.43 Å². The van der Waals surface area contributed by atoms with Gasteiger partial charge < -0.3 is 19.2 Å². The van der Waals surface area contributed by atoms with Crippen molar-refractivity contribution in [1.82, 2.24) is 5.32 Å². The molecule has 5 nitrogen and oxygen atoms in total. The summed E-state index contributed by atoms with van der Waals surface area (Å²) in [6.45, 7) is 1.42. The average Bonchev–Trinajstić information content (AvgIpc) is 2.78. The number of methoxy groups -OCH3 is 1. The normalized spacial score (nSPS) is 14.8. The lowest BCUT2D eigenvalue weighted by Gasteiger charge is -2.22. The molecular weight excluding hydrogens is 366 g/mol. The quantitative estimate of drug-likeness (QED) is 0.586. The van der Waals surface area contributed by atoms with Crippen molar-refractivity contribution in [2.45, 2.75) is 38.1 Å². The van der Waals surface area contributed by atoms with Gasteiger partial charge in [0.2, 0.25) is 0 Å². The summed E-state index contributed by atoms with van der Waals surface area (Å²) in [7, 11) is 1.62. The Bertz CT molecular complexity index is 1000. The molecule has 0 unspecified atom stereocenters. The molecule has 1 saturated carbocycles. The third-order valence-corrected chi connectivity index (χ3v) is 5.56. The summed E-state index contributed by atoms with van der Waals surface area (Å²) in [5.41, 5.74) is 1.81. The van der Waals surface area contributed by atoms with Crippen LogP contribution in [0.15, 0.2) is 57.9 Å². The maximum absolute atomic E-state index is 12.9. The zero-order chi connectivity index (χ0) is 20.1. The Hall–Kier alpha value is -2.79. The molecule has 0 atom stereocenters. The standard InChI is InChI=1S/C24H27NO4/c1-27-19-9-7-17(8-10-19)22-16-29-23-15-20(11-12-21(23)24(22)26)28-14-13-25-18-5-3-2-4-6-18/h7-12,15-16,18,25H,2-6,13-14H2,1H3. The summed E-state index contributed by atoms with van der Waals surface area (Å²) in [4.78, 5) is 12.9. The van der Waals surface area contributed by atoms with E-state index in [2.05, 4.69) is 5.32 Å². The molecule has 0 aliphatic heterocycles. The minimum atomic E-state index is -0.0538. The molecular formula is C24H27NO4. The molecule has 1 aliphatic carbocycles.